The molecule has 9 heavy (non-hydrogen) atoms. The maximum absolute atomic E-state index is 4.94. The molecule has 0 aromatic carbocycles. The van der Waals surface area contributed by atoms with Crippen molar-refractivity contribution in [1.29, 1.82) is 0 Å². The molecule has 0 atom stereocenters. The second-order valence-electron chi connectivity index (χ2n) is 1.51. The zero-order chi connectivity index (χ0) is 7.11. The topological polar surface area (TPSA) is 12.0 Å². The molecule has 0 amide bonds. The van der Waals surface area contributed by atoms with Gasteiger partial charge < -0.3 is 5.32 Å². The van der Waals surface area contributed by atoms with Crippen LogP contribution in [0.4, 0.5) is 0 Å². The summed E-state index contributed by atoms with van der Waals surface area (Å²) in [7, 11) is 0. The highest BCUT2D eigenvalue weighted by atomic mass is 32.2. The first kappa shape index (κ1) is 9.24. The summed E-state index contributed by atoms with van der Waals surface area (Å²) < 4.78 is 0.874. The summed E-state index contributed by atoms with van der Waals surface area (Å²) in [5.41, 5.74) is 0. The molecule has 1 nitrogen and oxygen atoms in total. The molecule has 0 aromatic heterocycles. The predicted octanol–water partition coefficient (Wildman–Crippen LogP) is 2.19. The molecule has 0 bridgehead atoms. The van der Waals surface area contributed by atoms with Crippen LogP contribution in [0.3, 0.4) is 0 Å². The van der Waals surface area contributed by atoms with Crippen LogP contribution in [0.5, 0.6) is 0 Å². The zero-order valence-corrected chi connectivity index (χ0v) is 7.44. The fourth-order valence-corrected chi connectivity index (χ4v) is 1.24. The van der Waals surface area contributed by atoms with Crippen molar-refractivity contribution in [2.45, 2.75) is 20.3 Å². The van der Waals surface area contributed by atoms with Crippen LogP contribution >= 0.6 is 24.0 Å². The summed E-state index contributed by atoms with van der Waals surface area (Å²) in [6, 6.07) is 0. The Balaban J connectivity index is 3.06. The van der Waals surface area contributed by atoms with E-state index in [1.165, 1.54) is 0 Å². The Morgan fingerprint density at radius 1 is 1.67 bits per heavy atom. The van der Waals surface area contributed by atoms with Gasteiger partial charge in [-0.05, 0) is 13.3 Å². The van der Waals surface area contributed by atoms with E-state index < -0.39 is 0 Å². The van der Waals surface area contributed by atoms with Crippen LogP contribution in [-0.2, 0) is 0 Å². The van der Waals surface area contributed by atoms with Gasteiger partial charge in [-0.1, -0.05) is 30.9 Å². The Hall–Kier alpha value is 0.240. The molecule has 0 saturated heterocycles. The third-order valence-electron chi connectivity index (χ3n) is 0.678. The maximum Gasteiger partial charge on any atom is 0.134 e. The summed E-state index contributed by atoms with van der Waals surface area (Å²) in [4.78, 5) is 0. The second kappa shape index (κ2) is 6.36. The van der Waals surface area contributed by atoms with Gasteiger partial charge in [-0.25, -0.2) is 0 Å². The highest BCUT2D eigenvalue weighted by Crippen LogP contribution is 2.08. The molecule has 0 rings (SSSR count). The minimum atomic E-state index is 0.874. The first-order chi connectivity index (χ1) is 4.31. The number of thioether (sulfide) groups is 1. The van der Waals surface area contributed by atoms with Gasteiger partial charge >= 0.3 is 0 Å². The summed E-state index contributed by atoms with van der Waals surface area (Å²) >= 11 is 6.54. The van der Waals surface area contributed by atoms with Gasteiger partial charge in [-0.15, -0.1) is 0 Å². The Bertz CT molecular complexity index is 83.1. The van der Waals surface area contributed by atoms with E-state index in [0.29, 0.717) is 0 Å². The normalized spacial score (nSPS) is 9.11. The lowest BCUT2D eigenvalue weighted by Gasteiger charge is -2.01. The SMILES string of the molecule is CC[CH]SC(=S)NCC. The molecule has 3 heteroatoms. The van der Waals surface area contributed by atoms with Crippen molar-refractivity contribution in [3.63, 3.8) is 0 Å². The molecule has 0 spiro atoms. The van der Waals surface area contributed by atoms with Crippen LogP contribution in [0.2, 0.25) is 0 Å². The molecular weight excluding hydrogens is 150 g/mol. The Labute approximate surface area is 66.6 Å². The number of rotatable bonds is 3. The van der Waals surface area contributed by atoms with Crippen LogP contribution in [-0.4, -0.2) is 10.9 Å². The zero-order valence-electron chi connectivity index (χ0n) is 5.81. The number of hydrogen-bond donors (Lipinski definition) is 1. The molecule has 0 saturated carbocycles. The van der Waals surface area contributed by atoms with Crippen molar-refractivity contribution in [2.75, 3.05) is 6.54 Å². The number of thiocarbonyl (C=S) groups is 1. The molecule has 0 aromatic rings. The smallest absolute Gasteiger partial charge is 0.134 e. The van der Waals surface area contributed by atoms with Crippen molar-refractivity contribution in [2.24, 2.45) is 0 Å². The first-order valence-electron chi connectivity index (χ1n) is 3.07. The van der Waals surface area contributed by atoms with E-state index in [4.69, 9.17) is 12.2 Å². The monoisotopic (exact) mass is 162 g/mol. The van der Waals surface area contributed by atoms with Gasteiger partial charge in [0.25, 0.3) is 0 Å². The summed E-state index contributed by atoms with van der Waals surface area (Å²) in [5, 5.41) is 3.04. The van der Waals surface area contributed by atoms with E-state index in [1.807, 2.05) is 6.92 Å². The second-order valence-corrected chi connectivity index (χ2v) is 3.15. The standard InChI is InChI=1S/C6H12NS2/c1-3-5-9-6(8)7-4-2/h5H,3-4H2,1-2H3,(H,7,8). The van der Waals surface area contributed by atoms with E-state index in [1.54, 1.807) is 11.8 Å². The third kappa shape index (κ3) is 6.12. The molecule has 0 aliphatic rings. The molecule has 0 fully saturated rings. The largest absolute Gasteiger partial charge is 0.371 e. The van der Waals surface area contributed by atoms with Gasteiger partial charge in [-0.2, -0.15) is 0 Å². The first-order valence-corrected chi connectivity index (χ1v) is 4.36. The fourth-order valence-electron chi connectivity index (χ4n) is 0.345. The molecular formula is C6H12NS2. The van der Waals surface area contributed by atoms with Crippen LogP contribution in [0.25, 0.3) is 0 Å². The van der Waals surface area contributed by atoms with Gasteiger partial charge in [0.05, 0.1) is 0 Å². The van der Waals surface area contributed by atoms with Crippen LogP contribution < -0.4 is 5.32 Å². The van der Waals surface area contributed by atoms with Gasteiger partial charge in [0, 0.05) is 12.3 Å². The van der Waals surface area contributed by atoms with Crippen LogP contribution in [0.1, 0.15) is 20.3 Å². The highest BCUT2D eigenvalue weighted by Gasteiger charge is 1.91. The summed E-state index contributed by atoms with van der Waals surface area (Å²) in [6.45, 7) is 5.06. The van der Waals surface area contributed by atoms with Crippen LogP contribution in [0.15, 0.2) is 0 Å². The third-order valence-corrected chi connectivity index (χ3v) is 1.97. The van der Waals surface area contributed by atoms with E-state index >= 15 is 0 Å². The number of hydrogen-bond acceptors (Lipinski definition) is 2. The van der Waals surface area contributed by atoms with E-state index in [0.717, 1.165) is 17.3 Å². The molecule has 0 heterocycles. The lowest BCUT2D eigenvalue weighted by atomic mass is 10.6. The molecule has 53 valence electrons. The quantitative estimate of drug-likeness (QED) is 0.639. The van der Waals surface area contributed by atoms with Crippen molar-refractivity contribution >= 4 is 28.3 Å². The minimum Gasteiger partial charge on any atom is -0.371 e. The summed E-state index contributed by atoms with van der Waals surface area (Å²) in [6.07, 6.45) is 1.07. The van der Waals surface area contributed by atoms with Gasteiger partial charge in [0.1, 0.15) is 4.32 Å². The molecule has 0 unspecified atom stereocenters. The van der Waals surface area contributed by atoms with Crippen molar-refractivity contribution in [3.05, 3.63) is 5.75 Å². The molecule has 0 aliphatic carbocycles. The van der Waals surface area contributed by atoms with Crippen molar-refractivity contribution in [3.8, 4) is 0 Å². The summed E-state index contributed by atoms with van der Waals surface area (Å²) in [5.74, 6) is 2.09. The lowest BCUT2D eigenvalue weighted by Crippen LogP contribution is -2.16. The van der Waals surface area contributed by atoms with Crippen LogP contribution in [0, 0.1) is 5.75 Å². The van der Waals surface area contributed by atoms with Gasteiger partial charge in [0.15, 0.2) is 0 Å². The van der Waals surface area contributed by atoms with E-state index in [-0.39, 0.29) is 0 Å². The lowest BCUT2D eigenvalue weighted by molar-refractivity contribution is 0.995. The Morgan fingerprint density at radius 2 is 2.33 bits per heavy atom. The fraction of sp³-hybridized carbons (Fsp3) is 0.667. The van der Waals surface area contributed by atoms with Crippen molar-refractivity contribution < 1.29 is 0 Å². The predicted molar refractivity (Wildman–Crippen MR) is 48.5 cm³/mol. The molecule has 1 radical (unpaired) electrons. The molecule has 0 aliphatic heterocycles. The average molecular weight is 162 g/mol. The van der Waals surface area contributed by atoms with Gasteiger partial charge in [-0.3, -0.25) is 0 Å². The van der Waals surface area contributed by atoms with E-state index in [9.17, 15) is 0 Å². The average Bonchev–Trinajstić information content (AvgIpc) is 1.85. The Morgan fingerprint density at radius 3 is 2.78 bits per heavy atom. The Kier molecular flexibility index (Phi) is 6.53. The van der Waals surface area contributed by atoms with Gasteiger partial charge in [0.2, 0.25) is 0 Å². The highest BCUT2D eigenvalue weighted by molar-refractivity contribution is 8.24. The van der Waals surface area contributed by atoms with E-state index in [2.05, 4.69) is 18.0 Å². The maximum atomic E-state index is 4.94. The number of nitrogens with one attached hydrogen (secondary N) is 1. The van der Waals surface area contributed by atoms with Crippen molar-refractivity contribution in [1.82, 2.24) is 5.32 Å². The minimum absolute atomic E-state index is 0.874. The molecule has 1 N–H and O–H groups in total.